The Bertz CT molecular complexity index is 470. The molecule has 162 valence electrons. The molecule has 0 aliphatic heterocycles. The summed E-state index contributed by atoms with van der Waals surface area (Å²) in [5.41, 5.74) is 1.01. The van der Waals surface area contributed by atoms with Crippen molar-refractivity contribution in [1.29, 1.82) is 0 Å². The van der Waals surface area contributed by atoms with E-state index in [-0.39, 0.29) is 0 Å². The lowest BCUT2D eigenvalue weighted by atomic mass is 10.0. The SMILES string of the molecule is CCCCCCCCCCCCCCCCCCCc1cc(OC)ccc1O. The van der Waals surface area contributed by atoms with Crippen molar-refractivity contribution in [2.75, 3.05) is 7.11 Å². The van der Waals surface area contributed by atoms with E-state index in [2.05, 4.69) is 6.92 Å². The lowest BCUT2D eigenvalue weighted by molar-refractivity contribution is 0.410. The van der Waals surface area contributed by atoms with Crippen LogP contribution in [0.15, 0.2) is 18.2 Å². The number of aryl methyl sites for hydroxylation is 1. The first-order chi connectivity index (χ1) is 13.8. The molecule has 1 aromatic carbocycles. The van der Waals surface area contributed by atoms with Crippen molar-refractivity contribution in [3.63, 3.8) is 0 Å². The normalized spacial score (nSPS) is 11.1. The number of aromatic hydroxyl groups is 1. The number of unbranched alkanes of at least 4 members (excludes halogenated alkanes) is 16. The van der Waals surface area contributed by atoms with Crippen molar-refractivity contribution in [2.45, 2.75) is 122 Å². The highest BCUT2D eigenvalue weighted by molar-refractivity contribution is 5.39. The van der Waals surface area contributed by atoms with Gasteiger partial charge in [-0.25, -0.2) is 0 Å². The van der Waals surface area contributed by atoms with Crippen LogP contribution in [0.4, 0.5) is 0 Å². The van der Waals surface area contributed by atoms with Gasteiger partial charge < -0.3 is 9.84 Å². The molecule has 0 aliphatic carbocycles. The van der Waals surface area contributed by atoms with Crippen LogP contribution >= 0.6 is 0 Å². The first kappa shape index (κ1) is 24.9. The van der Waals surface area contributed by atoms with Gasteiger partial charge in [0.1, 0.15) is 11.5 Å². The molecule has 0 fully saturated rings. The van der Waals surface area contributed by atoms with Crippen molar-refractivity contribution >= 4 is 0 Å². The van der Waals surface area contributed by atoms with Crippen LogP contribution in [0.2, 0.25) is 0 Å². The summed E-state index contributed by atoms with van der Waals surface area (Å²) < 4.78 is 5.24. The van der Waals surface area contributed by atoms with Gasteiger partial charge in [-0.1, -0.05) is 110 Å². The molecule has 1 N–H and O–H groups in total. The van der Waals surface area contributed by atoms with E-state index in [4.69, 9.17) is 4.74 Å². The quantitative estimate of drug-likeness (QED) is 0.240. The molecule has 0 amide bonds. The zero-order valence-electron chi connectivity index (χ0n) is 18.8. The van der Waals surface area contributed by atoms with Crippen LogP contribution in [0.3, 0.4) is 0 Å². The molecule has 0 heterocycles. The van der Waals surface area contributed by atoms with Gasteiger partial charge in [0, 0.05) is 0 Å². The van der Waals surface area contributed by atoms with Crippen LogP contribution in [0, 0.1) is 0 Å². The lowest BCUT2D eigenvalue weighted by Gasteiger charge is -2.07. The molecular formula is C26H46O2. The number of hydrogen-bond donors (Lipinski definition) is 1. The molecule has 0 saturated heterocycles. The summed E-state index contributed by atoms with van der Waals surface area (Å²) in [7, 11) is 1.67. The number of methoxy groups -OCH3 is 1. The van der Waals surface area contributed by atoms with E-state index in [1.165, 1.54) is 103 Å². The summed E-state index contributed by atoms with van der Waals surface area (Å²) in [4.78, 5) is 0. The second-order valence-corrected chi connectivity index (χ2v) is 8.40. The van der Waals surface area contributed by atoms with Gasteiger partial charge in [-0.2, -0.15) is 0 Å². The second-order valence-electron chi connectivity index (χ2n) is 8.40. The van der Waals surface area contributed by atoms with Gasteiger partial charge in [0.05, 0.1) is 7.11 Å². The molecule has 0 unspecified atom stereocenters. The van der Waals surface area contributed by atoms with E-state index in [0.717, 1.165) is 24.2 Å². The fourth-order valence-electron chi connectivity index (χ4n) is 3.93. The molecule has 0 radical (unpaired) electrons. The van der Waals surface area contributed by atoms with E-state index in [9.17, 15) is 5.11 Å². The van der Waals surface area contributed by atoms with Gasteiger partial charge in [0.15, 0.2) is 0 Å². The lowest BCUT2D eigenvalue weighted by Crippen LogP contribution is -1.90. The highest BCUT2D eigenvalue weighted by atomic mass is 16.5. The van der Waals surface area contributed by atoms with Gasteiger partial charge >= 0.3 is 0 Å². The minimum absolute atomic E-state index is 0.400. The minimum Gasteiger partial charge on any atom is -0.508 e. The van der Waals surface area contributed by atoms with Gasteiger partial charge in [0.25, 0.3) is 0 Å². The highest BCUT2D eigenvalue weighted by Crippen LogP contribution is 2.24. The maximum absolute atomic E-state index is 9.91. The predicted octanol–water partition coefficient (Wildman–Crippen LogP) is 8.59. The molecule has 0 spiro atoms. The van der Waals surface area contributed by atoms with Crippen molar-refractivity contribution in [3.05, 3.63) is 23.8 Å². The predicted molar refractivity (Wildman–Crippen MR) is 123 cm³/mol. The van der Waals surface area contributed by atoms with Crippen LogP contribution in [-0.4, -0.2) is 12.2 Å². The first-order valence-electron chi connectivity index (χ1n) is 12.1. The Kier molecular flexibility index (Phi) is 15.9. The van der Waals surface area contributed by atoms with Crippen molar-refractivity contribution in [1.82, 2.24) is 0 Å². The fraction of sp³-hybridized carbons (Fsp3) is 0.769. The number of hydrogen-bond acceptors (Lipinski definition) is 2. The van der Waals surface area contributed by atoms with E-state index in [0.29, 0.717) is 5.75 Å². The summed E-state index contributed by atoms with van der Waals surface area (Å²) in [5, 5.41) is 9.91. The first-order valence-corrected chi connectivity index (χ1v) is 12.1. The van der Waals surface area contributed by atoms with Crippen LogP contribution < -0.4 is 4.74 Å². The maximum atomic E-state index is 9.91. The third-order valence-electron chi connectivity index (χ3n) is 5.84. The molecule has 2 heteroatoms. The molecule has 0 atom stereocenters. The Morgan fingerprint density at radius 1 is 0.643 bits per heavy atom. The molecular weight excluding hydrogens is 344 g/mol. The second kappa shape index (κ2) is 17.9. The van der Waals surface area contributed by atoms with Crippen LogP contribution in [0.5, 0.6) is 11.5 Å². The topological polar surface area (TPSA) is 29.5 Å². The summed E-state index contributed by atoms with van der Waals surface area (Å²) in [6.07, 6.45) is 24.6. The van der Waals surface area contributed by atoms with Crippen molar-refractivity contribution in [3.8, 4) is 11.5 Å². The van der Waals surface area contributed by atoms with Gasteiger partial charge in [-0.3, -0.25) is 0 Å². The number of rotatable bonds is 19. The molecule has 0 aromatic heterocycles. The third kappa shape index (κ3) is 13.1. The Labute approximate surface area is 175 Å². The molecule has 2 nitrogen and oxygen atoms in total. The monoisotopic (exact) mass is 390 g/mol. The summed E-state index contributed by atoms with van der Waals surface area (Å²) >= 11 is 0. The van der Waals surface area contributed by atoms with E-state index >= 15 is 0 Å². The summed E-state index contributed by atoms with van der Waals surface area (Å²) in [6.45, 7) is 2.29. The number of benzene rings is 1. The van der Waals surface area contributed by atoms with Crippen molar-refractivity contribution in [2.24, 2.45) is 0 Å². The zero-order valence-corrected chi connectivity index (χ0v) is 18.8. The largest absolute Gasteiger partial charge is 0.508 e. The molecule has 1 rings (SSSR count). The molecule has 1 aromatic rings. The Balaban J connectivity index is 1.82. The van der Waals surface area contributed by atoms with E-state index in [1.54, 1.807) is 13.2 Å². The van der Waals surface area contributed by atoms with E-state index < -0.39 is 0 Å². The minimum atomic E-state index is 0.400. The van der Waals surface area contributed by atoms with Gasteiger partial charge in [-0.05, 0) is 36.6 Å². The third-order valence-corrected chi connectivity index (χ3v) is 5.84. The Hall–Kier alpha value is -1.18. The summed E-state index contributed by atoms with van der Waals surface area (Å²) in [5.74, 6) is 1.23. The molecule has 0 bridgehead atoms. The average molecular weight is 391 g/mol. The van der Waals surface area contributed by atoms with Crippen LogP contribution in [-0.2, 0) is 6.42 Å². The molecule has 0 aliphatic rings. The zero-order chi connectivity index (χ0) is 20.3. The van der Waals surface area contributed by atoms with E-state index in [1.807, 2.05) is 12.1 Å². The fourth-order valence-corrected chi connectivity index (χ4v) is 3.93. The smallest absolute Gasteiger partial charge is 0.119 e. The Morgan fingerprint density at radius 3 is 1.50 bits per heavy atom. The molecule has 28 heavy (non-hydrogen) atoms. The number of phenolic OH excluding ortho intramolecular Hbond substituents is 1. The highest BCUT2D eigenvalue weighted by Gasteiger charge is 2.03. The van der Waals surface area contributed by atoms with Gasteiger partial charge in [0.2, 0.25) is 0 Å². The van der Waals surface area contributed by atoms with Crippen LogP contribution in [0.25, 0.3) is 0 Å². The number of phenols is 1. The number of ether oxygens (including phenoxy) is 1. The van der Waals surface area contributed by atoms with Crippen molar-refractivity contribution < 1.29 is 9.84 Å². The maximum Gasteiger partial charge on any atom is 0.119 e. The Morgan fingerprint density at radius 2 is 1.07 bits per heavy atom. The standard InChI is InChI=1S/C26H46O2/c1-3-4-5-6-7-8-9-10-11-12-13-14-15-16-17-18-19-20-24-23-25(28-2)21-22-26(24)27/h21-23,27H,3-20H2,1-2H3. The average Bonchev–Trinajstić information content (AvgIpc) is 2.71. The van der Waals surface area contributed by atoms with Crippen LogP contribution in [0.1, 0.15) is 122 Å². The summed E-state index contributed by atoms with van der Waals surface area (Å²) in [6, 6.07) is 5.51. The van der Waals surface area contributed by atoms with Gasteiger partial charge in [-0.15, -0.1) is 0 Å². The molecule has 0 saturated carbocycles.